The highest BCUT2D eigenvalue weighted by molar-refractivity contribution is 7.16. The van der Waals surface area contributed by atoms with Crippen LogP contribution in [0, 0.1) is 13.8 Å². The molecule has 0 aliphatic carbocycles. The lowest BCUT2D eigenvalue weighted by atomic mass is 10.1. The highest BCUT2D eigenvalue weighted by Crippen LogP contribution is 2.23. The van der Waals surface area contributed by atoms with Crippen LogP contribution in [0.4, 0.5) is 0 Å². The van der Waals surface area contributed by atoms with Crippen LogP contribution in [-0.2, 0) is 16.1 Å². The lowest BCUT2D eigenvalue weighted by Gasteiger charge is -2.05. The molecule has 0 aliphatic heterocycles. The molecule has 2 aromatic carbocycles. The van der Waals surface area contributed by atoms with Gasteiger partial charge in [-0.25, -0.2) is 0 Å². The van der Waals surface area contributed by atoms with E-state index in [9.17, 15) is 14.4 Å². The number of hydrogen-bond donors (Lipinski definition) is 0. The number of esters is 1. The van der Waals surface area contributed by atoms with Gasteiger partial charge in [0.15, 0.2) is 4.80 Å². The predicted molar refractivity (Wildman–Crippen MR) is 114 cm³/mol. The Kier molecular flexibility index (Phi) is 5.09. The molecule has 0 bridgehead atoms. The number of thiazole rings is 1. The van der Waals surface area contributed by atoms with Gasteiger partial charge in [0.2, 0.25) is 5.43 Å². The maximum Gasteiger partial charge on any atom is 0.325 e. The van der Waals surface area contributed by atoms with Crippen molar-refractivity contribution in [3.05, 3.63) is 74.4 Å². The zero-order chi connectivity index (χ0) is 21.4. The molecule has 4 rings (SSSR count). The van der Waals surface area contributed by atoms with Gasteiger partial charge in [0, 0.05) is 0 Å². The van der Waals surface area contributed by atoms with E-state index < -0.39 is 17.3 Å². The Bertz CT molecular complexity index is 1440. The fourth-order valence-corrected chi connectivity index (χ4v) is 4.39. The zero-order valence-electron chi connectivity index (χ0n) is 16.6. The fourth-order valence-electron chi connectivity index (χ4n) is 3.32. The Balaban J connectivity index is 1.92. The summed E-state index contributed by atoms with van der Waals surface area (Å²) in [5.41, 5.74) is 2.59. The molecule has 0 saturated heterocycles. The van der Waals surface area contributed by atoms with Gasteiger partial charge in [-0.15, -0.1) is 0 Å². The van der Waals surface area contributed by atoms with Gasteiger partial charge in [0.1, 0.15) is 24.0 Å². The Morgan fingerprint density at radius 1 is 1.20 bits per heavy atom. The van der Waals surface area contributed by atoms with Gasteiger partial charge in [-0.1, -0.05) is 29.5 Å². The number of aryl methyl sites for hydroxylation is 2. The van der Waals surface area contributed by atoms with Crippen molar-refractivity contribution in [1.82, 2.24) is 4.57 Å². The van der Waals surface area contributed by atoms with Crippen LogP contribution >= 0.6 is 11.3 Å². The van der Waals surface area contributed by atoms with Crippen LogP contribution in [0.2, 0.25) is 0 Å². The molecule has 0 spiro atoms. The first-order valence-electron chi connectivity index (χ1n) is 9.16. The van der Waals surface area contributed by atoms with Crippen LogP contribution in [-0.4, -0.2) is 23.6 Å². The maximum atomic E-state index is 12.9. The summed E-state index contributed by atoms with van der Waals surface area (Å²) in [5.74, 6) is -1.19. The van der Waals surface area contributed by atoms with Crippen LogP contribution < -0.4 is 10.2 Å². The van der Waals surface area contributed by atoms with Gasteiger partial charge < -0.3 is 13.7 Å². The largest absolute Gasteiger partial charge is 0.468 e. The molecule has 0 fully saturated rings. The predicted octanol–water partition coefficient (Wildman–Crippen LogP) is 3.34. The van der Waals surface area contributed by atoms with Gasteiger partial charge in [0.05, 0.1) is 22.7 Å². The number of aromatic nitrogens is 1. The van der Waals surface area contributed by atoms with Crippen molar-refractivity contribution in [2.24, 2.45) is 4.99 Å². The molecule has 7 nitrogen and oxygen atoms in total. The van der Waals surface area contributed by atoms with Crippen molar-refractivity contribution in [3.8, 4) is 0 Å². The molecular formula is C22H18N2O5S. The van der Waals surface area contributed by atoms with Crippen molar-refractivity contribution in [2.75, 3.05) is 7.11 Å². The second kappa shape index (κ2) is 7.72. The average Bonchev–Trinajstić information content (AvgIpc) is 3.05. The van der Waals surface area contributed by atoms with Crippen LogP contribution in [0.15, 0.2) is 56.9 Å². The summed E-state index contributed by atoms with van der Waals surface area (Å²) in [6, 6.07) is 10.6. The number of hydrogen-bond acceptors (Lipinski definition) is 6. The third-order valence-electron chi connectivity index (χ3n) is 4.74. The number of rotatable bonds is 3. The second-order valence-corrected chi connectivity index (χ2v) is 7.85. The first-order valence-corrected chi connectivity index (χ1v) is 9.97. The summed E-state index contributed by atoms with van der Waals surface area (Å²) in [4.78, 5) is 42.0. The number of carbonyl (C=O) groups is 2. The molecule has 8 heteroatoms. The van der Waals surface area contributed by atoms with Gasteiger partial charge in [-0.2, -0.15) is 4.99 Å². The molecule has 2 aromatic heterocycles. The minimum Gasteiger partial charge on any atom is -0.468 e. The lowest BCUT2D eigenvalue weighted by Crippen LogP contribution is -2.23. The molecule has 30 heavy (non-hydrogen) atoms. The molecule has 152 valence electrons. The van der Waals surface area contributed by atoms with Crippen molar-refractivity contribution in [1.29, 1.82) is 0 Å². The topological polar surface area (TPSA) is 90.9 Å². The van der Waals surface area contributed by atoms with E-state index in [0.29, 0.717) is 15.8 Å². The van der Waals surface area contributed by atoms with E-state index in [-0.39, 0.29) is 12.1 Å². The third kappa shape index (κ3) is 3.46. The molecule has 0 atom stereocenters. The van der Waals surface area contributed by atoms with Gasteiger partial charge in [-0.3, -0.25) is 14.4 Å². The van der Waals surface area contributed by atoms with E-state index in [1.54, 1.807) is 28.8 Å². The van der Waals surface area contributed by atoms with E-state index in [0.717, 1.165) is 27.6 Å². The standard InChI is InChI=1S/C22H18N2O5S/c1-12-8-13(2)20-16(9-12)24(10-18(25)28-3)22(30-20)23-21(27)15-11-29-17-7-5-4-6-14(17)19(15)26/h4-9,11H,10H2,1-3H3. The minimum absolute atomic E-state index is 0.0994. The molecule has 0 N–H and O–H groups in total. The molecule has 0 unspecified atom stereocenters. The van der Waals surface area contributed by atoms with Crippen LogP contribution in [0.1, 0.15) is 21.5 Å². The maximum absolute atomic E-state index is 12.9. The quantitative estimate of drug-likeness (QED) is 0.472. The van der Waals surface area contributed by atoms with Crippen molar-refractivity contribution in [3.63, 3.8) is 0 Å². The summed E-state index contributed by atoms with van der Waals surface area (Å²) in [6.07, 6.45) is 1.13. The molecule has 0 saturated carbocycles. The number of carbonyl (C=O) groups excluding carboxylic acids is 2. The second-order valence-electron chi connectivity index (χ2n) is 6.87. The van der Waals surface area contributed by atoms with Crippen molar-refractivity contribution in [2.45, 2.75) is 20.4 Å². The van der Waals surface area contributed by atoms with Gasteiger partial charge in [0.25, 0.3) is 5.91 Å². The molecule has 0 aliphatic rings. The van der Waals surface area contributed by atoms with E-state index in [4.69, 9.17) is 9.15 Å². The summed E-state index contributed by atoms with van der Waals surface area (Å²) in [5, 5.41) is 0.309. The third-order valence-corrected chi connectivity index (χ3v) is 5.97. The fraction of sp³-hybridized carbons (Fsp3) is 0.182. The number of para-hydroxylation sites is 1. The first-order chi connectivity index (χ1) is 14.4. The Labute approximate surface area is 174 Å². The molecule has 1 amide bonds. The lowest BCUT2D eigenvalue weighted by molar-refractivity contribution is -0.141. The number of amides is 1. The SMILES string of the molecule is COC(=O)Cn1c(=NC(=O)c2coc3ccccc3c2=O)sc2c(C)cc(C)cc21. The average molecular weight is 422 g/mol. The Hall–Kier alpha value is -3.52. The zero-order valence-corrected chi connectivity index (χ0v) is 17.4. The first kappa shape index (κ1) is 19.8. The van der Waals surface area contributed by atoms with Crippen LogP contribution in [0.5, 0.6) is 0 Å². The van der Waals surface area contributed by atoms with Gasteiger partial charge in [-0.05, 0) is 43.2 Å². The normalized spacial score (nSPS) is 11.9. The highest BCUT2D eigenvalue weighted by Gasteiger charge is 2.17. The monoisotopic (exact) mass is 422 g/mol. The summed E-state index contributed by atoms with van der Waals surface area (Å²) in [7, 11) is 1.30. The van der Waals surface area contributed by atoms with E-state index >= 15 is 0 Å². The smallest absolute Gasteiger partial charge is 0.325 e. The summed E-state index contributed by atoms with van der Waals surface area (Å²) >= 11 is 1.28. The van der Waals surface area contributed by atoms with Crippen LogP contribution in [0.3, 0.4) is 0 Å². The Morgan fingerprint density at radius 3 is 2.73 bits per heavy atom. The van der Waals surface area contributed by atoms with Gasteiger partial charge >= 0.3 is 5.97 Å². The van der Waals surface area contributed by atoms with Crippen LogP contribution in [0.25, 0.3) is 21.2 Å². The molecule has 2 heterocycles. The summed E-state index contributed by atoms with van der Waals surface area (Å²) in [6.45, 7) is 3.81. The van der Waals surface area contributed by atoms with Crippen molar-refractivity contribution < 1.29 is 18.7 Å². The van der Waals surface area contributed by atoms with E-state index in [2.05, 4.69) is 4.99 Å². The number of nitrogens with zero attached hydrogens (tertiary/aromatic N) is 2. The summed E-state index contributed by atoms with van der Waals surface area (Å²) < 4.78 is 12.8. The molecule has 0 radical (unpaired) electrons. The van der Waals surface area contributed by atoms with E-state index in [1.165, 1.54) is 18.4 Å². The molecular weight excluding hydrogens is 404 g/mol. The van der Waals surface area contributed by atoms with Crippen molar-refractivity contribution >= 4 is 44.4 Å². The molecule has 4 aromatic rings. The minimum atomic E-state index is -0.728. The number of benzene rings is 2. The highest BCUT2D eigenvalue weighted by atomic mass is 32.1. The number of fused-ring (bicyclic) bond motifs is 2. The number of ether oxygens (including phenoxy) is 1. The van der Waals surface area contributed by atoms with E-state index in [1.807, 2.05) is 26.0 Å². The Morgan fingerprint density at radius 2 is 1.97 bits per heavy atom. The number of methoxy groups -OCH3 is 1.